The SMILES string of the molecule is O=C(OC1CCCC1)c1[c]cccc1. The predicted octanol–water partition coefficient (Wildman–Crippen LogP) is 2.59. The highest BCUT2D eigenvalue weighted by molar-refractivity contribution is 5.89. The third-order valence-electron chi connectivity index (χ3n) is 2.50. The Morgan fingerprint density at radius 3 is 2.79 bits per heavy atom. The van der Waals surface area contributed by atoms with Gasteiger partial charge in [-0.3, -0.25) is 0 Å². The summed E-state index contributed by atoms with van der Waals surface area (Å²) >= 11 is 0. The lowest BCUT2D eigenvalue weighted by atomic mass is 10.2. The van der Waals surface area contributed by atoms with Crippen molar-refractivity contribution >= 4 is 5.97 Å². The molecule has 0 unspecified atom stereocenters. The fraction of sp³-hybridized carbons (Fsp3) is 0.417. The number of benzene rings is 1. The molecule has 0 heterocycles. The van der Waals surface area contributed by atoms with E-state index < -0.39 is 0 Å². The van der Waals surface area contributed by atoms with E-state index in [1.54, 1.807) is 12.1 Å². The standard InChI is InChI=1S/C12H13O2/c13-12(10-6-2-1-3-7-10)14-11-8-4-5-9-11/h1-3,6,11H,4-5,8-9H2. The van der Waals surface area contributed by atoms with Crippen LogP contribution in [-0.4, -0.2) is 12.1 Å². The van der Waals surface area contributed by atoms with E-state index in [9.17, 15) is 4.79 Å². The number of carbonyl (C=O) groups is 1. The molecule has 2 nitrogen and oxygen atoms in total. The van der Waals surface area contributed by atoms with Crippen LogP contribution in [0.3, 0.4) is 0 Å². The Hall–Kier alpha value is -1.31. The molecule has 1 aliphatic carbocycles. The van der Waals surface area contributed by atoms with E-state index in [1.165, 1.54) is 12.8 Å². The summed E-state index contributed by atoms with van der Waals surface area (Å²) < 4.78 is 5.33. The normalized spacial score (nSPS) is 16.9. The Bertz CT molecular complexity index is 299. The average Bonchev–Trinajstić information content (AvgIpc) is 2.72. The van der Waals surface area contributed by atoms with Crippen LogP contribution in [0.1, 0.15) is 36.0 Å². The number of rotatable bonds is 2. The maximum Gasteiger partial charge on any atom is 0.339 e. The van der Waals surface area contributed by atoms with Gasteiger partial charge in [0, 0.05) is 0 Å². The largest absolute Gasteiger partial charge is 0.459 e. The predicted molar refractivity (Wildman–Crippen MR) is 52.9 cm³/mol. The first-order valence-corrected chi connectivity index (χ1v) is 5.04. The lowest BCUT2D eigenvalue weighted by molar-refractivity contribution is 0.0317. The smallest absolute Gasteiger partial charge is 0.339 e. The Kier molecular flexibility index (Phi) is 2.82. The molecule has 0 saturated heterocycles. The van der Waals surface area contributed by atoms with Gasteiger partial charge in [0.25, 0.3) is 0 Å². The van der Waals surface area contributed by atoms with Gasteiger partial charge in [-0.1, -0.05) is 18.2 Å². The molecule has 1 radical (unpaired) electrons. The summed E-state index contributed by atoms with van der Waals surface area (Å²) in [6.45, 7) is 0. The van der Waals surface area contributed by atoms with E-state index in [4.69, 9.17) is 4.74 Å². The van der Waals surface area contributed by atoms with Gasteiger partial charge in [-0.2, -0.15) is 0 Å². The summed E-state index contributed by atoms with van der Waals surface area (Å²) in [6.07, 6.45) is 4.51. The molecule has 0 aliphatic heterocycles. The summed E-state index contributed by atoms with van der Waals surface area (Å²) in [4.78, 5) is 11.5. The van der Waals surface area contributed by atoms with E-state index in [0.29, 0.717) is 5.56 Å². The lowest BCUT2D eigenvalue weighted by Gasteiger charge is -2.10. The van der Waals surface area contributed by atoms with Gasteiger partial charge in [0.2, 0.25) is 0 Å². The molecule has 0 aromatic heterocycles. The van der Waals surface area contributed by atoms with Crippen molar-refractivity contribution in [2.45, 2.75) is 31.8 Å². The van der Waals surface area contributed by atoms with Gasteiger partial charge in [0.1, 0.15) is 6.10 Å². The third-order valence-corrected chi connectivity index (χ3v) is 2.50. The lowest BCUT2D eigenvalue weighted by Crippen LogP contribution is -2.14. The molecule has 2 rings (SSSR count). The van der Waals surface area contributed by atoms with Gasteiger partial charge >= 0.3 is 5.97 Å². The van der Waals surface area contributed by atoms with Crippen molar-refractivity contribution in [3.8, 4) is 0 Å². The van der Waals surface area contributed by atoms with Crippen LogP contribution in [0.5, 0.6) is 0 Å². The van der Waals surface area contributed by atoms with Crippen LogP contribution < -0.4 is 0 Å². The molecule has 1 fully saturated rings. The number of carbonyl (C=O) groups excluding carboxylic acids is 1. The summed E-state index contributed by atoms with van der Waals surface area (Å²) in [6, 6.07) is 9.99. The topological polar surface area (TPSA) is 26.3 Å². The van der Waals surface area contributed by atoms with E-state index in [1.807, 2.05) is 12.1 Å². The molecule has 0 spiro atoms. The molecule has 1 aromatic rings. The first kappa shape index (κ1) is 9.25. The minimum absolute atomic E-state index is 0.135. The highest BCUT2D eigenvalue weighted by Gasteiger charge is 2.19. The quantitative estimate of drug-likeness (QED) is 0.668. The molecule has 2 heteroatoms. The van der Waals surface area contributed by atoms with Gasteiger partial charge < -0.3 is 4.74 Å². The fourth-order valence-electron chi connectivity index (χ4n) is 1.74. The van der Waals surface area contributed by atoms with Crippen LogP contribution in [-0.2, 0) is 4.74 Å². The number of hydrogen-bond acceptors (Lipinski definition) is 2. The maximum atomic E-state index is 11.5. The van der Waals surface area contributed by atoms with Gasteiger partial charge in [-0.15, -0.1) is 0 Å². The van der Waals surface area contributed by atoms with Gasteiger partial charge in [0.05, 0.1) is 5.56 Å². The zero-order chi connectivity index (χ0) is 9.80. The Balaban J connectivity index is 1.95. The Labute approximate surface area is 83.9 Å². The van der Waals surface area contributed by atoms with Crippen molar-refractivity contribution < 1.29 is 9.53 Å². The first-order chi connectivity index (χ1) is 6.86. The summed E-state index contributed by atoms with van der Waals surface area (Å²) in [5.41, 5.74) is 0.527. The van der Waals surface area contributed by atoms with Crippen molar-refractivity contribution in [2.75, 3.05) is 0 Å². The van der Waals surface area contributed by atoms with Crippen molar-refractivity contribution in [3.63, 3.8) is 0 Å². The third kappa shape index (κ3) is 2.13. The van der Waals surface area contributed by atoms with E-state index in [-0.39, 0.29) is 12.1 Å². The van der Waals surface area contributed by atoms with Gasteiger partial charge in [-0.25, -0.2) is 4.79 Å². The summed E-state index contributed by atoms with van der Waals surface area (Å²) in [5, 5.41) is 0. The summed E-state index contributed by atoms with van der Waals surface area (Å²) in [5.74, 6) is -0.238. The molecule has 1 saturated carbocycles. The second-order valence-electron chi connectivity index (χ2n) is 3.59. The summed E-state index contributed by atoms with van der Waals surface area (Å²) in [7, 11) is 0. The molecule has 0 bridgehead atoms. The zero-order valence-corrected chi connectivity index (χ0v) is 8.03. The average molecular weight is 189 g/mol. The minimum Gasteiger partial charge on any atom is -0.459 e. The monoisotopic (exact) mass is 189 g/mol. The molecule has 73 valence electrons. The molecular formula is C12H13O2. The molecule has 0 atom stereocenters. The zero-order valence-electron chi connectivity index (χ0n) is 8.03. The van der Waals surface area contributed by atoms with Crippen LogP contribution in [0.2, 0.25) is 0 Å². The van der Waals surface area contributed by atoms with Crippen molar-refractivity contribution in [3.05, 3.63) is 35.9 Å². The second-order valence-corrected chi connectivity index (χ2v) is 3.59. The minimum atomic E-state index is -0.238. The van der Waals surface area contributed by atoms with E-state index >= 15 is 0 Å². The van der Waals surface area contributed by atoms with Crippen molar-refractivity contribution in [2.24, 2.45) is 0 Å². The van der Waals surface area contributed by atoms with Gasteiger partial charge in [-0.05, 0) is 37.8 Å². The van der Waals surface area contributed by atoms with E-state index in [2.05, 4.69) is 6.07 Å². The molecule has 0 amide bonds. The molecule has 1 aromatic carbocycles. The Morgan fingerprint density at radius 1 is 1.36 bits per heavy atom. The van der Waals surface area contributed by atoms with Crippen LogP contribution in [0.4, 0.5) is 0 Å². The van der Waals surface area contributed by atoms with Crippen LogP contribution >= 0.6 is 0 Å². The highest BCUT2D eigenvalue weighted by Crippen LogP contribution is 2.21. The van der Waals surface area contributed by atoms with Gasteiger partial charge in [0.15, 0.2) is 0 Å². The van der Waals surface area contributed by atoms with Crippen LogP contribution in [0, 0.1) is 6.07 Å². The number of ether oxygens (including phenoxy) is 1. The number of esters is 1. The molecular weight excluding hydrogens is 176 g/mol. The van der Waals surface area contributed by atoms with E-state index in [0.717, 1.165) is 12.8 Å². The van der Waals surface area contributed by atoms with Crippen molar-refractivity contribution in [1.82, 2.24) is 0 Å². The highest BCUT2D eigenvalue weighted by atomic mass is 16.5. The first-order valence-electron chi connectivity index (χ1n) is 5.04. The van der Waals surface area contributed by atoms with Crippen LogP contribution in [0.25, 0.3) is 0 Å². The van der Waals surface area contributed by atoms with Crippen LogP contribution in [0.15, 0.2) is 24.3 Å². The number of hydrogen-bond donors (Lipinski definition) is 0. The fourth-order valence-corrected chi connectivity index (χ4v) is 1.74. The maximum absolute atomic E-state index is 11.5. The Morgan fingerprint density at radius 2 is 2.14 bits per heavy atom. The molecule has 0 N–H and O–H groups in total. The molecule has 1 aliphatic rings. The van der Waals surface area contributed by atoms with Crippen molar-refractivity contribution in [1.29, 1.82) is 0 Å². The second kappa shape index (κ2) is 4.27. The molecule has 14 heavy (non-hydrogen) atoms.